The number of methoxy groups -OCH3 is 1. The summed E-state index contributed by atoms with van der Waals surface area (Å²) in [5.74, 6) is 0.255. The van der Waals surface area contributed by atoms with Gasteiger partial charge in [0.1, 0.15) is 0 Å². The van der Waals surface area contributed by atoms with Gasteiger partial charge in [-0.2, -0.15) is 0 Å². The van der Waals surface area contributed by atoms with Crippen molar-refractivity contribution in [3.05, 3.63) is 30.3 Å². The molecule has 0 heterocycles. The molecule has 104 valence electrons. The van der Waals surface area contributed by atoms with Crippen LogP contribution < -0.4 is 10.4 Å². The first-order valence-electron chi connectivity index (χ1n) is 5.92. The number of hydrogen-bond donors (Lipinski definition) is 1. The second-order valence-corrected chi connectivity index (χ2v) is 4.30. The number of carbonyl (C=O) groups is 2. The van der Waals surface area contributed by atoms with E-state index in [2.05, 4.69) is 9.57 Å². The highest BCUT2D eigenvalue weighted by atomic mass is 16.7. The smallest absolute Gasteiger partial charge is 0.440 e. The summed E-state index contributed by atoms with van der Waals surface area (Å²) in [6.07, 6.45) is -1.49. The summed E-state index contributed by atoms with van der Waals surface area (Å²) in [6.45, 7) is 4.44. The molecule has 6 heteroatoms. The van der Waals surface area contributed by atoms with Crippen LogP contribution in [0.5, 0.6) is 0 Å². The third-order valence-corrected chi connectivity index (χ3v) is 2.24. The summed E-state index contributed by atoms with van der Waals surface area (Å²) >= 11 is 0. The quantitative estimate of drug-likeness (QED) is 0.854. The van der Waals surface area contributed by atoms with E-state index in [1.807, 2.05) is 37.5 Å². The van der Waals surface area contributed by atoms with E-state index in [0.29, 0.717) is 12.2 Å². The first-order valence-corrected chi connectivity index (χ1v) is 5.92. The van der Waals surface area contributed by atoms with E-state index < -0.39 is 12.2 Å². The second-order valence-electron chi connectivity index (χ2n) is 4.30. The molecule has 0 saturated heterocycles. The lowest BCUT2D eigenvalue weighted by Crippen LogP contribution is -2.39. The number of hydroxylamine groups is 1. The minimum Gasteiger partial charge on any atom is -0.451 e. The lowest BCUT2D eigenvalue weighted by Gasteiger charge is -2.23. The molecule has 0 atom stereocenters. The number of anilines is 1. The number of hydrogen-bond acceptors (Lipinski definition) is 4. The van der Waals surface area contributed by atoms with Crippen molar-refractivity contribution in [1.82, 2.24) is 5.48 Å². The fraction of sp³-hybridized carbons (Fsp3) is 0.385. The van der Waals surface area contributed by atoms with E-state index in [4.69, 9.17) is 0 Å². The fourth-order valence-electron chi connectivity index (χ4n) is 1.44. The highest BCUT2D eigenvalue weighted by Gasteiger charge is 2.19. The van der Waals surface area contributed by atoms with Crippen molar-refractivity contribution in [2.75, 3.05) is 18.6 Å². The van der Waals surface area contributed by atoms with Crippen LogP contribution in [0, 0.1) is 5.92 Å². The lowest BCUT2D eigenvalue weighted by molar-refractivity contribution is 0.0766. The molecule has 1 N–H and O–H groups in total. The molecule has 0 aliphatic carbocycles. The van der Waals surface area contributed by atoms with Gasteiger partial charge in [0.2, 0.25) is 0 Å². The number of ether oxygens (including phenoxy) is 1. The maximum absolute atomic E-state index is 11.9. The van der Waals surface area contributed by atoms with Crippen LogP contribution >= 0.6 is 0 Å². The number of amides is 2. The molecular formula is C13H18N2O4. The first kappa shape index (κ1) is 14.8. The molecule has 0 saturated carbocycles. The van der Waals surface area contributed by atoms with Gasteiger partial charge in [0.15, 0.2) is 0 Å². The third-order valence-electron chi connectivity index (χ3n) is 2.24. The zero-order chi connectivity index (χ0) is 14.3. The normalized spacial score (nSPS) is 9.89. The summed E-state index contributed by atoms with van der Waals surface area (Å²) < 4.78 is 4.32. The zero-order valence-corrected chi connectivity index (χ0v) is 11.3. The number of nitrogens with one attached hydrogen (secondary N) is 1. The number of nitrogens with zero attached hydrogens (tertiary/aromatic N) is 1. The van der Waals surface area contributed by atoms with Crippen LogP contribution in [0.15, 0.2) is 30.3 Å². The minimum absolute atomic E-state index is 0.255. The van der Waals surface area contributed by atoms with Crippen molar-refractivity contribution in [2.45, 2.75) is 13.8 Å². The van der Waals surface area contributed by atoms with Gasteiger partial charge in [-0.25, -0.2) is 9.59 Å². The summed E-state index contributed by atoms with van der Waals surface area (Å²) in [5.41, 5.74) is 2.60. The Labute approximate surface area is 112 Å². The van der Waals surface area contributed by atoms with Gasteiger partial charge in [0.05, 0.1) is 7.11 Å². The maximum atomic E-state index is 11.9. The van der Waals surface area contributed by atoms with Crippen LogP contribution in [0.4, 0.5) is 15.3 Å². The molecule has 6 nitrogen and oxygen atoms in total. The molecular weight excluding hydrogens is 248 g/mol. The van der Waals surface area contributed by atoms with E-state index in [9.17, 15) is 9.59 Å². The summed E-state index contributed by atoms with van der Waals surface area (Å²) in [7, 11) is 1.19. The number of benzene rings is 1. The van der Waals surface area contributed by atoms with Crippen LogP contribution in [-0.4, -0.2) is 25.8 Å². The van der Waals surface area contributed by atoms with Crippen molar-refractivity contribution in [1.29, 1.82) is 0 Å². The Hall–Kier alpha value is -2.24. The fourth-order valence-corrected chi connectivity index (χ4v) is 1.44. The monoisotopic (exact) mass is 266 g/mol. The molecule has 0 aromatic heterocycles. The molecule has 2 amide bonds. The summed E-state index contributed by atoms with van der Waals surface area (Å²) in [4.78, 5) is 28.9. The van der Waals surface area contributed by atoms with Crippen molar-refractivity contribution in [3.8, 4) is 0 Å². The Kier molecular flexibility index (Phi) is 5.66. The Morgan fingerprint density at radius 1 is 1.26 bits per heavy atom. The predicted molar refractivity (Wildman–Crippen MR) is 70.6 cm³/mol. The van der Waals surface area contributed by atoms with Gasteiger partial charge in [0.25, 0.3) is 0 Å². The molecule has 1 aromatic rings. The SMILES string of the molecule is COC(=O)NOC(=O)N(CC(C)C)c1ccccc1. The number of carbonyl (C=O) groups excluding carboxylic acids is 2. The molecule has 0 bridgehead atoms. The molecule has 0 radical (unpaired) electrons. The van der Waals surface area contributed by atoms with Gasteiger partial charge in [-0.15, -0.1) is 5.48 Å². The van der Waals surface area contributed by atoms with Gasteiger partial charge in [-0.3, -0.25) is 4.90 Å². The van der Waals surface area contributed by atoms with Crippen LogP contribution in [0.25, 0.3) is 0 Å². The highest BCUT2D eigenvalue weighted by Crippen LogP contribution is 2.16. The number of para-hydroxylation sites is 1. The van der Waals surface area contributed by atoms with E-state index in [0.717, 1.165) is 0 Å². The Balaban J connectivity index is 2.74. The van der Waals surface area contributed by atoms with Gasteiger partial charge >= 0.3 is 12.2 Å². The van der Waals surface area contributed by atoms with Crippen molar-refractivity contribution >= 4 is 17.9 Å². The van der Waals surface area contributed by atoms with E-state index >= 15 is 0 Å². The molecule has 0 aliphatic heterocycles. The summed E-state index contributed by atoms with van der Waals surface area (Å²) in [6, 6.07) is 9.09. The van der Waals surface area contributed by atoms with Gasteiger partial charge in [0, 0.05) is 12.2 Å². The second kappa shape index (κ2) is 7.25. The van der Waals surface area contributed by atoms with Gasteiger partial charge in [-0.05, 0) is 18.1 Å². The minimum atomic E-state index is -0.828. The van der Waals surface area contributed by atoms with E-state index in [-0.39, 0.29) is 5.92 Å². The maximum Gasteiger partial charge on any atom is 0.440 e. The van der Waals surface area contributed by atoms with Crippen LogP contribution in [0.3, 0.4) is 0 Å². The average Bonchev–Trinajstić information content (AvgIpc) is 2.42. The Bertz CT molecular complexity index is 420. The Morgan fingerprint density at radius 3 is 2.42 bits per heavy atom. The largest absolute Gasteiger partial charge is 0.451 e. The molecule has 0 unspecified atom stereocenters. The van der Waals surface area contributed by atoms with E-state index in [1.165, 1.54) is 12.0 Å². The number of rotatable bonds is 3. The molecule has 1 aromatic carbocycles. The molecule has 0 spiro atoms. The van der Waals surface area contributed by atoms with Crippen molar-refractivity contribution in [3.63, 3.8) is 0 Å². The van der Waals surface area contributed by atoms with Crippen LogP contribution in [0.2, 0.25) is 0 Å². The van der Waals surface area contributed by atoms with Gasteiger partial charge in [-0.1, -0.05) is 32.0 Å². The molecule has 19 heavy (non-hydrogen) atoms. The zero-order valence-electron chi connectivity index (χ0n) is 11.3. The van der Waals surface area contributed by atoms with Crippen molar-refractivity contribution in [2.24, 2.45) is 5.92 Å². The molecule has 1 rings (SSSR count). The Morgan fingerprint density at radius 2 is 1.89 bits per heavy atom. The van der Waals surface area contributed by atoms with E-state index in [1.54, 1.807) is 12.1 Å². The van der Waals surface area contributed by atoms with Crippen molar-refractivity contribution < 1.29 is 19.2 Å². The molecule has 0 fully saturated rings. The summed E-state index contributed by atoms with van der Waals surface area (Å²) in [5, 5.41) is 0. The van der Waals surface area contributed by atoms with Crippen LogP contribution in [0.1, 0.15) is 13.8 Å². The topological polar surface area (TPSA) is 67.9 Å². The molecule has 0 aliphatic rings. The average molecular weight is 266 g/mol. The third kappa shape index (κ3) is 4.87. The first-order chi connectivity index (χ1) is 9.04. The van der Waals surface area contributed by atoms with Gasteiger partial charge < -0.3 is 9.57 Å². The predicted octanol–water partition coefficient (Wildman–Crippen LogP) is 2.56. The van der Waals surface area contributed by atoms with Crippen LogP contribution in [-0.2, 0) is 9.57 Å². The standard InChI is InChI=1S/C13H18N2O4/c1-10(2)9-15(11-7-5-4-6-8-11)13(17)19-14-12(16)18-3/h4-8,10H,9H2,1-3H3,(H,14,16). The highest BCUT2D eigenvalue weighted by molar-refractivity contribution is 5.88. The lowest BCUT2D eigenvalue weighted by atomic mass is 10.2.